The van der Waals surface area contributed by atoms with Crippen LogP contribution in [-0.4, -0.2) is 41.9 Å². The third kappa shape index (κ3) is 5.90. The monoisotopic (exact) mass is 489 g/mol. The second kappa shape index (κ2) is 11.0. The van der Waals surface area contributed by atoms with Gasteiger partial charge in [-0.25, -0.2) is 0 Å². The van der Waals surface area contributed by atoms with Crippen molar-refractivity contribution in [2.75, 3.05) is 26.7 Å². The highest BCUT2D eigenvalue weighted by Crippen LogP contribution is 2.34. The number of hydrogen-bond donors (Lipinski definition) is 2. The highest BCUT2D eigenvalue weighted by Gasteiger charge is 2.18. The molecule has 0 amide bonds. The van der Waals surface area contributed by atoms with Crippen LogP contribution in [0.25, 0.3) is 21.9 Å². The lowest BCUT2D eigenvalue weighted by molar-refractivity contribution is 0.150. The molecule has 1 fully saturated rings. The van der Waals surface area contributed by atoms with Gasteiger partial charge < -0.3 is 19.8 Å². The Hall–Kier alpha value is -3.21. The number of likely N-dealkylation sites (tertiary alicyclic amines) is 1. The Kier molecular flexibility index (Phi) is 7.84. The van der Waals surface area contributed by atoms with E-state index in [1.165, 1.54) is 30.5 Å². The van der Waals surface area contributed by atoms with E-state index >= 15 is 0 Å². The van der Waals surface area contributed by atoms with Gasteiger partial charge >= 0.3 is 0 Å². The molecule has 182 valence electrons. The van der Waals surface area contributed by atoms with E-state index in [-0.39, 0.29) is 23.9 Å². The molecule has 4 aromatic rings. The highest BCUT2D eigenvalue weighted by molar-refractivity contribution is 5.93. The first-order valence-electron chi connectivity index (χ1n) is 12.0. The van der Waals surface area contributed by atoms with Crippen LogP contribution >= 0.6 is 12.4 Å². The number of phenolic OH excluding ortho intramolecular Hbond substituents is 2. The lowest BCUT2D eigenvalue weighted by Crippen LogP contribution is -2.34. The molecular formula is C30H32ClNO3. The number of nitrogens with zero attached hydrogens (tertiary/aromatic N) is 1. The maximum atomic E-state index is 9.97. The Labute approximate surface area is 213 Å². The lowest BCUT2D eigenvalue weighted by atomic mass is 9.90. The number of fused-ring (bicyclic) bond motifs is 1. The molecule has 1 aliphatic rings. The van der Waals surface area contributed by atoms with Gasteiger partial charge in [0.15, 0.2) is 0 Å². The third-order valence-electron chi connectivity index (χ3n) is 6.81. The molecule has 4 aromatic carbocycles. The summed E-state index contributed by atoms with van der Waals surface area (Å²) in [5, 5.41) is 21.8. The Bertz CT molecular complexity index is 1270. The van der Waals surface area contributed by atoms with E-state index < -0.39 is 0 Å². The van der Waals surface area contributed by atoms with Gasteiger partial charge in [0.25, 0.3) is 0 Å². The van der Waals surface area contributed by atoms with Crippen molar-refractivity contribution in [3.05, 3.63) is 90.0 Å². The summed E-state index contributed by atoms with van der Waals surface area (Å²) in [6.07, 6.45) is 3.24. The highest BCUT2D eigenvalue weighted by atomic mass is 35.5. The van der Waals surface area contributed by atoms with Gasteiger partial charge in [0.1, 0.15) is 17.2 Å². The minimum Gasteiger partial charge on any atom is -0.508 e. The standard InChI is InChI=1S/C30H31NO3.ClH/c1-31-16-2-3-22(19-31)20-34-27-12-4-21(5-13-27)17-30-28(23-6-9-25(32)10-7-23)14-8-24-18-26(33)11-15-29(24)30;/h4-15,18,22,32-33H,2-3,16-17,19-20H2,1H3;1H. The zero-order valence-corrected chi connectivity index (χ0v) is 20.8. The van der Waals surface area contributed by atoms with E-state index in [2.05, 4.69) is 42.3 Å². The predicted octanol–water partition coefficient (Wildman–Crippen LogP) is 6.65. The van der Waals surface area contributed by atoms with Crippen molar-refractivity contribution < 1.29 is 14.9 Å². The number of rotatable bonds is 6. The largest absolute Gasteiger partial charge is 0.508 e. The molecule has 4 nitrogen and oxygen atoms in total. The summed E-state index contributed by atoms with van der Waals surface area (Å²) in [6.45, 7) is 3.06. The fourth-order valence-corrected chi connectivity index (χ4v) is 5.01. The van der Waals surface area contributed by atoms with Crippen molar-refractivity contribution in [3.8, 4) is 28.4 Å². The molecule has 0 spiro atoms. The maximum absolute atomic E-state index is 9.97. The number of piperidine rings is 1. The average molecular weight is 490 g/mol. The van der Waals surface area contributed by atoms with Gasteiger partial charge in [-0.1, -0.05) is 42.5 Å². The molecule has 35 heavy (non-hydrogen) atoms. The SMILES string of the molecule is CN1CCCC(COc2ccc(Cc3c(-c4ccc(O)cc4)ccc4cc(O)ccc34)cc2)C1.Cl. The minimum atomic E-state index is 0. The zero-order chi connectivity index (χ0) is 23.5. The van der Waals surface area contributed by atoms with E-state index in [9.17, 15) is 10.2 Å². The normalized spacial score (nSPS) is 16.1. The fourth-order valence-electron chi connectivity index (χ4n) is 5.01. The van der Waals surface area contributed by atoms with Crippen molar-refractivity contribution in [2.45, 2.75) is 19.3 Å². The third-order valence-corrected chi connectivity index (χ3v) is 6.81. The summed E-state index contributed by atoms with van der Waals surface area (Å²) >= 11 is 0. The number of ether oxygens (including phenoxy) is 1. The van der Waals surface area contributed by atoms with Crippen LogP contribution in [0.3, 0.4) is 0 Å². The molecule has 0 saturated carbocycles. The van der Waals surface area contributed by atoms with Crippen LogP contribution in [0.5, 0.6) is 17.2 Å². The lowest BCUT2D eigenvalue weighted by Gasteiger charge is -2.29. The van der Waals surface area contributed by atoms with Gasteiger partial charge in [0, 0.05) is 12.5 Å². The summed E-state index contributed by atoms with van der Waals surface area (Å²) in [4.78, 5) is 2.39. The zero-order valence-electron chi connectivity index (χ0n) is 20.0. The first kappa shape index (κ1) is 24.9. The van der Waals surface area contributed by atoms with E-state index in [0.29, 0.717) is 5.92 Å². The molecule has 5 rings (SSSR count). The molecular weight excluding hydrogens is 458 g/mol. The van der Waals surface area contributed by atoms with E-state index in [1.54, 1.807) is 24.3 Å². The number of phenols is 2. The van der Waals surface area contributed by atoms with Gasteiger partial charge in [0.2, 0.25) is 0 Å². The molecule has 2 N–H and O–H groups in total. The Morgan fingerprint density at radius 2 is 1.63 bits per heavy atom. The van der Waals surface area contributed by atoms with Crippen LogP contribution in [0.4, 0.5) is 0 Å². The van der Waals surface area contributed by atoms with Crippen molar-refractivity contribution in [1.82, 2.24) is 4.90 Å². The van der Waals surface area contributed by atoms with Crippen molar-refractivity contribution in [1.29, 1.82) is 0 Å². The number of benzene rings is 4. The average Bonchev–Trinajstić information content (AvgIpc) is 2.84. The molecule has 1 heterocycles. The fraction of sp³-hybridized carbons (Fsp3) is 0.267. The number of aromatic hydroxyl groups is 2. The van der Waals surface area contributed by atoms with Crippen LogP contribution in [0.1, 0.15) is 24.0 Å². The molecule has 0 aromatic heterocycles. The van der Waals surface area contributed by atoms with E-state index in [0.717, 1.165) is 47.2 Å². The number of hydrogen-bond acceptors (Lipinski definition) is 4. The smallest absolute Gasteiger partial charge is 0.119 e. The van der Waals surface area contributed by atoms with Crippen LogP contribution in [0.2, 0.25) is 0 Å². The summed E-state index contributed by atoms with van der Waals surface area (Å²) in [7, 11) is 2.18. The molecule has 0 aliphatic carbocycles. The Morgan fingerprint density at radius 3 is 2.37 bits per heavy atom. The van der Waals surface area contributed by atoms with Gasteiger partial charge in [0.05, 0.1) is 6.61 Å². The second-order valence-electron chi connectivity index (χ2n) is 9.45. The van der Waals surface area contributed by atoms with Crippen LogP contribution in [0.15, 0.2) is 78.9 Å². The molecule has 1 saturated heterocycles. The van der Waals surface area contributed by atoms with Gasteiger partial charge in [-0.05, 0) is 102 Å². The van der Waals surface area contributed by atoms with Crippen molar-refractivity contribution in [2.24, 2.45) is 5.92 Å². The quantitative estimate of drug-likeness (QED) is 0.318. The first-order valence-corrected chi connectivity index (χ1v) is 12.0. The summed E-state index contributed by atoms with van der Waals surface area (Å²) < 4.78 is 6.11. The number of halogens is 1. The van der Waals surface area contributed by atoms with Gasteiger partial charge in [-0.3, -0.25) is 0 Å². The molecule has 0 radical (unpaired) electrons. The topological polar surface area (TPSA) is 52.9 Å². The first-order chi connectivity index (χ1) is 16.5. The maximum Gasteiger partial charge on any atom is 0.119 e. The summed E-state index contributed by atoms with van der Waals surface area (Å²) in [5.74, 6) is 2.03. The molecule has 1 aliphatic heterocycles. The predicted molar refractivity (Wildman–Crippen MR) is 145 cm³/mol. The molecule has 5 heteroatoms. The van der Waals surface area contributed by atoms with Crippen molar-refractivity contribution >= 4 is 23.2 Å². The van der Waals surface area contributed by atoms with Gasteiger partial charge in [-0.15, -0.1) is 12.4 Å². The molecule has 1 atom stereocenters. The molecule has 0 bridgehead atoms. The van der Waals surface area contributed by atoms with Crippen molar-refractivity contribution in [3.63, 3.8) is 0 Å². The van der Waals surface area contributed by atoms with Gasteiger partial charge in [-0.2, -0.15) is 0 Å². The Balaban J connectivity index is 0.00000289. The van der Waals surface area contributed by atoms with Crippen LogP contribution in [-0.2, 0) is 6.42 Å². The second-order valence-corrected chi connectivity index (χ2v) is 9.45. The molecule has 1 unspecified atom stereocenters. The van der Waals surface area contributed by atoms with Crippen LogP contribution in [0, 0.1) is 5.92 Å². The summed E-state index contributed by atoms with van der Waals surface area (Å²) in [5.41, 5.74) is 4.58. The summed E-state index contributed by atoms with van der Waals surface area (Å²) in [6, 6.07) is 25.4. The Morgan fingerprint density at radius 1 is 0.886 bits per heavy atom. The minimum absolute atomic E-state index is 0. The van der Waals surface area contributed by atoms with Crippen LogP contribution < -0.4 is 4.74 Å². The van der Waals surface area contributed by atoms with E-state index in [4.69, 9.17) is 4.74 Å². The van der Waals surface area contributed by atoms with E-state index in [1.807, 2.05) is 24.3 Å².